The first-order valence-corrected chi connectivity index (χ1v) is 8.60. The Balaban J connectivity index is 1.47. The molecular weight excluding hydrogens is 338 g/mol. The van der Waals surface area contributed by atoms with Crippen molar-refractivity contribution in [3.05, 3.63) is 35.9 Å². The zero-order valence-electron chi connectivity index (χ0n) is 15.0. The summed E-state index contributed by atoms with van der Waals surface area (Å²) in [5, 5.41) is 6.65. The average molecular weight is 361 g/mol. The van der Waals surface area contributed by atoms with Crippen LogP contribution < -0.4 is 5.32 Å². The number of hydrogen-bond acceptors (Lipinski definition) is 6. The monoisotopic (exact) mass is 361 g/mol. The number of nitrogens with zero attached hydrogens (tertiary/aromatic N) is 4. The summed E-state index contributed by atoms with van der Waals surface area (Å²) in [6.45, 7) is 1.64. The Bertz CT molecular complexity index is 732. The first-order valence-electron chi connectivity index (χ1n) is 8.60. The predicted molar refractivity (Wildman–Crippen MR) is 91.2 cm³/mol. The van der Waals surface area contributed by atoms with E-state index in [9.17, 15) is 9.59 Å². The highest BCUT2D eigenvalue weighted by atomic mass is 16.5. The molecule has 1 saturated heterocycles. The molecule has 9 heteroatoms. The Labute approximate surface area is 151 Å². The van der Waals surface area contributed by atoms with E-state index in [1.807, 2.05) is 4.90 Å². The van der Waals surface area contributed by atoms with E-state index in [4.69, 9.17) is 8.94 Å². The average Bonchev–Trinajstić information content (AvgIpc) is 3.31. The van der Waals surface area contributed by atoms with Crippen molar-refractivity contribution < 1.29 is 18.5 Å². The smallest absolute Gasteiger partial charge is 0.319 e. The molecule has 0 spiro atoms. The number of likely N-dealkylation sites (tertiary alicyclic amines) is 1. The summed E-state index contributed by atoms with van der Waals surface area (Å²) in [6, 6.07) is 3.58. The molecule has 26 heavy (non-hydrogen) atoms. The van der Waals surface area contributed by atoms with E-state index in [1.54, 1.807) is 37.4 Å². The molecule has 2 aromatic heterocycles. The number of furan rings is 1. The Kier molecular flexibility index (Phi) is 5.55. The number of carbonyl (C=O) groups is 2. The van der Waals surface area contributed by atoms with E-state index in [2.05, 4.69) is 15.5 Å². The van der Waals surface area contributed by atoms with Gasteiger partial charge in [0.2, 0.25) is 11.8 Å². The van der Waals surface area contributed by atoms with Gasteiger partial charge in [0, 0.05) is 33.1 Å². The van der Waals surface area contributed by atoms with Crippen LogP contribution in [0.4, 0.5) is 4.79 Å². The zero-order chi connectivity index (χ0) is 18.5. The molecule has 1 aliphatic heterocycles. The van der Waals surface area contributed by atoms with Crippen LogP contribution in [0.15, 0.2) is 27.3 Å². The summed E-state index contributed by atoms with van der Waals surface area (Å²) in [4.78, 5) is 31.7. The van der Waals surface area contributed by atoms with Crippen molar-refractivity contribution in [2.24, 2.45) is 0 Å². The molecule has 0 aromatic carbocycles. The molecule has 3 rings (SSSR count). The molecule has 0 radical (unpaired) electrons. The second-order valence-corrected chi connectivity index (χ2v) is 6.52. The predicted octanol–water partition coefficient (Wildman–Crippen LogP) is 1.38. The van der Waals surface area contributed by atoms with Crippen molar-refractivity contribution in [1.29, 1.82) is 0 Å². The third-order valence-corrected chi connectivity index (χ3v) is 4.34. The highest BCUT2D eigenvalue weighted by molar-refractivity contribution is 5.77. The molecule has 9 nitrogen and oxygen atoms in total. The van der Waals surface area contributed by atoms with Gasteiger partial charge in [-0.25, -0.2) is 4.79 Å². The quantitative estimate of drug-likeness (QED) is 0.863. The number of urea groups is 1. The van der Waals surface area contributed by atoms with Gasteiger partial charge >= 0.3 is 6.03 Å². The molecule has 0 aliphatic carbocycles. The Morgan fingerprint density at radius 3 is 2.77 bits per heavy atom. The van der Waals surface area contributed by atoms with Crippen molar-refractivity contribution in [2.45, 2.75) is 31.7 Å². The maximum Gasteiger partial charge on any atom is 0.319 e. The normalized spacial score (nSPS) is 15.1. The van der Waals surface area contributed by atoms with Crippen LogP contribution in [-0.2, 0) is 17.8 Å². The maximum atomic E-state index is 12.0. The van der Waals surface area contributed by atoms with Gasteiger partial charge in [0.25, 0.3) is 0 Å². The number of carbonyl (C=O) groups excluding carboxylic acids is 2. The van der Waals surface area contributed by atoms with E-state index in [0.29, 0.717) is 37.1 Å². The Morgan fingerprint density at radius 2 is 2.12 bits per heavy atom. The standard InChI is InChI=1S/C17H23N5O4/c1-21(2)17(24)22-7-5-12(6-8-22)16-19-14(20-26-16)10-15(23)18-11-13-4-3-9-25-13/h3-4,9,12H,5-8,10-11H2,1-2H3,(H,18,23). The molecule has 0 atom stereocenters. The van der Waals surface area contributed by atoms with Gasteiger partial charge < -0.3 is 24.1 Å². The van der Waals surface area contributed by atoms with Crippen molar-refractivity contribution in [3.63, 3.8) is 0 Å². The number of piperidine rings is 1. The number of amides is 3. The fourth-order valence-corrected chi connectivity index (χ4v) is 2.91. The van der Waals surface area contributed by atoms with Gasteiger partial charge in [-0.3, -0.25) is 4.79 Å². The first-order chi connectivity index (χ1) is 12.5. The first kappa shape index (κ1) is 18.0. The van der Waals surface area contributed by atoms with E-state index in [1.165, 1.54) is 0 Å². The lowest BCUT2D eigenvalue weighted by atomic mass is 9.97. The summed E-state index contributed by atoms with van der Waals surface area (Å²) in [6.07, 6.45) is 3.16. The fraction of sp³-hybridized carbons (Fsp3) is 0.529. The second kappa shape index (κ2) is 8.03. The van der Waals surface area contributed by atoms with Gasteiger partial charge in [-0.15, -0.1) is 0 Å². The molecule has 3 amide bonds. The Hall–Kier alpha value is -2.84. The minimum absolute atomic E-state index is 0.0166. The summed E-state index contributed by atoms with van der Waals surface area (Å²) in [7, 11) is 3.49. The molecule has 3 heterocycles. The third kappa shape index (κ3) is 4.41. The van der Waals surface area contributed by atoms with Crippen LogP contribution in [0.25, 0.3) is 0 Å². The van der Waals surface area contributed by atoms with Crippen molar-refractivity contribution in [2.75, 3.05) is 27.2 Å². The summed E-state index contributed by atoms with van der Waals surface area (Å²) >= 11 is 0. The van der Waals surface area contributed by atoms with Gasteiger partial charge in [0.1, 0.15) is 5.76 Å². The van der Waals surface area contributed by atoms with Crippen LogP contribution in [0.1, 0.15) is 36.2 Å². The largest absolute Gasteiger partial charge is 0.467 e. The topological polar surface area (TPSA) is 105 Å². The van der Waals surface area contributed by atoms with Gasteiger partial charge in [0.15, 0.2) is 5.82 Å². The summed E-state index contributed by atoms with van der Waals surface area (Å²) in [5.74, 6) is 1.51. The van der Waals surface area contributed by atoms with Crippen LogP contribution in [0.2, 0.25) is 0 Å². The van der Waals surface area contributed by atoms with Gasteiger partial charge in [-0.05, 0) is 25.0 Å². The van der Waals surface area contributed by atoms with Crippen LogP contribution in [-0.4, -0.2) is 59.1 Å². The van der Waals surface area contributed by atoms with Crippen molar-refractivity contribution >= 4 is 11.9 Å². The molecule has 1 N–H and O–H groups in total. The van der Waals surface area contributed by atoms with Gasteiger partial charge in [0.05, 0.1) is 19.2 Å². The van der Waals surface area contributed by atoms with Crippen LogP contribution in [0.5, 0.6) is 0 Å². The lowest BCUT2D eigenvalue weighted by Crippen LogP contribution is -2.43. The van der Waals surface area contributed by atoms with E-state index in [-0.39, 0.29) is 24.3 Å². The zero-order valence-corrected chi connectivity index (χ0v) is 15.0. The van der Waals surface area contributed by atoms with Crippen LogP contribution in [0, 0.1) is 0 Å². The molecule has 0 saturated carbocycles. The third-order valence-electron chi connectivity index (χ3n) is 4.34. The molecule has 1 fully saturated rings. The highest BCUT2D eigenvalue weighted by Crippen LogP contribution is 2.27. The summed E-state index contributed by atoms with van der Waals surface area (Å²) in [5.41, 5.74) is 0. The maximum absolute atomic E-state index is 12.0. The van der Waals surface area contributed by atoms with Crippen molar-refractivity contribution in [3.8, 4) is 0 Å². The lowest BCUT2D eigenvalue weighted by molar-refractivity contribution is -0.120. The fourth-order valence-electron chi connectivity index (χ4n) is 2.91. The van der Waals surface area contributed by atoms with E-state index < -0.39 is 0 Å². The molecule has 0 bridgehead atoms. The van der Waals surface area contributed by atoms with E-state index in [0.717, 1.165) is 12.8 Å². The minimum Gasteiger partial charge on any atom is -0.467 e. The minimum atomic E-state index is -0.194. The molecule has 140 valence electrons. The highest BCUT2D eigenvalue weighted by Gasteiger charge is 2.28. The van der Waals surface area contributed by atoms with Crippen LogP contribution in [0.3, 0.4) is 0 Å². The van der Waals surface area contributed by atoms with Gasteiger partial charge in [-0.2, -0.15) is 4.98 Å². The van der Waals surface area contributed by atoms with E-state index >= 15 is 0 Å². The van der Waals surface area contributed by atoms with Crippen LogP contribution >= 0.6 is 0 Å². The van der Waals surface area contributed by atoms with Crippen molar-refractivity contribution in [1.82, 2.24) is 25.3 Å². The summed E-state index contributed by atoms with van der Waals surface area (Å²) < 4.78 is 10.5. The number of hydrogen-bond donors (Lipinski definition) is 1. The van der Waals surface area contributed by atoms with Gasteiger partial charge in [-0.1, -0.05) is 5.16 Å². The number of aromatic nitrogens is 2. The molecular formula is C17H23N5O4. The molecule has 0 unspecified atom stereocenters. The second-order valence-electron chi connectivity index (χ2n) is 6.52. The SMILES string of the molecule is CN(C)C(=O)N1CCC(c2nc(CC(=O)NCc3ccco3)no2)CC1. The number of rotatable bonds is 5. The number of nitrogens with one attached hydrogen (secondary N) is 1. The Morgan fingerprint density at radius 1 is 1.35 bits per heavy atom. The molecule has 2 aromatic rings. The lowest BCUT2D eigenvalue weighted by Gasteiger charge is -2.32. The molecule has 1 aliphatic rings.